The van der Waals surface area contributed by atoms with Gasteiger partial charge in [-0.05, 0) is 85.5 Å². The summed E-state index contributed by atoms with van der Waals surface area (Å²) in [5.41, 5.74) is 9.91. The second kappa shape index (κ2) is 20.9. The Kier molecular flexibility index (Phi) is 11.3. The van der Waals surface area contributed by atoms with Crippen LogP contribution < -0.4 is 35.3 Å². The molecule has 0 saturated carbocycles. The largest absolute Gasteiger partial charge is 0.509 e. The maximum atomic E-state index is 9.36. The summed E-state index contributed by atoms with van der Waals surface area (Å²) in [5.74, 6) is 0.505. The summed E-state index contributed by atoms with van der Waals surface area (Å²) >= 11 is 0. The molecule has 0 unspecified atom stereocenters. The molecule has 0 amide bonds. The fourth-order valence-corrected chi connectivity index (χ4v) is 16.4. The summed E-state index contributed by atoms with van der Waals surface area (Å²) in [6.45, 7) is 6.18. The van der Waals surface area contributed by atoms with Gasteiger partial charge in [0.1, 0.15) is 0 Å². The third-order valence-electron chi connectivity index (χ3n) is 15.4. The number of rotatable bonds is 11. The Hall–Kier alpha value is -9.00. The normalized spacial score (nSPS) is 13.9. The minimum absolute atomic E-state index is 0. The first-order valence-electron chi connectivity index (χ1n) is 30.3. The van der Waals surface area contributed by atoms with Crippen LogP contribution in [0.4, 0.5) is 22.7 Å². The van der Waals surface area contributed by atoms with Gasteiger partial charge in [0.2, 0.25) is 5.95 Å². The Labute approximate surface area is 498 Å². The van der Waals surface area contributed by atoms with Crippen LogP contribution in [0.5, 0.6) is 11.5 Å². The number of hydrogen-bond donors (Lipinski definition) is 0. The maximum absolute atomic E-state index is 9.36. The molecule has 0 spiro atoms. The van der Waals surface area contributed by atoms with Gasteiger partial charge in [-0.25, -0.2) is 4.98 Å². The van der Waals surface area contributed by atoms with Crippen molar-refractivity contribution in [3.05, 3.63) is 285 Å². The van der Waals surface area contributed by atoms with E-state index in [2.05, 4.69) is 231 Å². The number of fused-ring (bicyclic) bond motifs is 5. The van der Waals surface area contributed by atoms with Crippen LogP contribution in [0.15, 0.2) is 261 Å². The van der Waals surface area contributed by atoms with Gasteiger partial charge in [-0.15, -0.1) is 53.3 Å². The zero-order valence-electron chi connectivity index (χ0n) is 51.6. The molecule has 3 heterocycles. The van der Waals surface area contributed by atoms with Crippen LogP contribution in [0.2, 0.25) is 0 Å². The van der Waals surface area contributed by atoms with Gasteiger partial charge in [-0.3, -0.25) is 0 Å². The van der Waals surface area contributed by atoms with Gasteiger partial charge in [0.15, 0.2) is 8.07 Å². The zero-order valence-corrected chi connectivity index (χ0v) is 47.8. The van der Waals surface area contributed by atoms with Gasteiger partial charge in [0, 0.05) is 77.4 Å². The van der Waals surface area contributed by atoms with E-state index in [0.717, 1.165) is 64.6 Å². The molecule has 2 aromatic heterocycles. The Bertz CT molecular complexity index is 4630. The summed E-state index contributed by atoms with van der Waals surface area (Å²) in [5, 5.41) is 5.02. The molecule has 1 aliphatic heterocycles. The van der Waals surface area contributed by atoms with E-state index < -0.39 is 27.1 Å². The van der Waals surface area contributed by atoms with E-state index in [1.807, 2.05) is 18.2 Å². The van der Waals surface area contributed by atoms with Gasteiger partial charge in [0.05, 0.1) is 16.5 Å². The average molecular weight is 1250 g/mol. The molecule has 0 saturated heterocycles. The molecule has 0 fully saturated rings. The number of imidazole rings is 1. The average Bonchev–Trinajstić information content (AvgIpc) is 1.61. The molecular weight excluding hydrogens is 1190 g/mol. The van der Waals surface area contributed by atoms with Crippen molar-refractivity contribution in [3.63, 3.8) is 0 Å². The molecule has 8 heteroatoms. The fourth-order valence-electron chi connectivity index (χ4n) is 11.6. The van der Waals surface area contributed by atoms with Crippen molar-refractivity contribution in [1.29, 1.82) is 0 Å². The maximum Gasteiger partial charge on any atom is 0.213 e. The number of aryl methyl sites for hydroxylation is 1. The Morgan fingerprint density at radius 3 is 1.67 bits per heavy atom. The molecule has 11 aromatic carbocycles. The topological polar surface area (TPSA) is 38.5 Å². The molecule has 0 N–H and O–H groups in total. The first-order chi connectivity index (χ1) is 42.1. The standard InChI is InChI=1S/C73H56N5OSi.Pt/c1-73(2,3)53-44-63(51-26-10-5-11-27-51)71(64(45-53)52-28-12-6-13-29-52)77-50-76(68-40-24-25-41-69(68)77)54-46-56(48-60(47-54)80(57-30-14-7-15-31-57,58-32-16-8-17-33-58)59-34-18-9-19-35-59)79-55-42-43-62-61-36-20-22-38-66(61)78(70(62)49-55)72-74-65-37-21-23-39-67(65)75(72)4;/h5-45,47-48,50H,1-4H3;/q-3;/i4D3,20D,22D,36D,38D;. The number of hydrogen-bond acceptors (Lipinski definition) is 4. The first-order valence-corrected chi connectivity index (χ1v) is 28.8. The third-order valence-corrected chi connectivity index (χ3v) is 20.2. The molecule has 0 bridgehead atoms. The summed E-state index contributed by atoms with van der Waals surface area (Å²) in [6.07, 6.45) is 0. The van der Waals surface area contributed by atoms with Gasteiger partial charge in [0.25, 0.3) is 0 Å². The van der Waals surface area contributed by atoms with Crippen molar-refractivity contribution in [1.82, 2.24) is 14.1 Å². The summed E-state index contributed by atoms with van der Waals surface area (Å²) in [4.78, 5) is 9.39. The Morgan fingerprint density at radius 2 is 1.07 bits per heavy atom. The van der Waals surface area contributed by atoms with Crippen LogP contribution in [0.25, 0.3) is 61.0 Å². The molecule has 1 aliphatic rings. The molecule has 81 heavy (non-hydrogen) atoms. The minimum Gasteiger partial charge on any atom is -0.509 e. The molecule has 0 atom stereocenters. The van der Waals surface area contributed by atoms with Crippen molar-refractivity contribution in [3.8, 4) is 39.7 Å². The summed E-state index contributed by atoms with van der Waals surface area (Å²) < 4.78 is 72.6. The predicted octanol–water partition coefficient (Wildman–Crippen LogP) is 15.5. The molecule has 14 rings (SSSR count). The molecule has 396 valence electrons. The van der Waals surface area contributed by atoms with Gasteiger partial charge in [-0.2, -0.15) is 6.07 Å². The quantitative estimate of drug-likeness (QED) is 0.0735. The van der Waals surface area contributed by atoms with Crippen molar-refractivity contribution in [2.45, 2.75) is 26.2 Å². The Balaban J connectivity index is 0.00000714. The molecule has 13 aromatic rings. The van der Waals surface area contributed by atoms with E-state index in [1.165, 1.54) is 10.1 Å². The van der Waals surface area contributed by atoms with Crippen LogP contribution >= 0.6 is 0 Å². The molecular formula is C73H56N5OPtSi-3. The van der Waals surface area contributed by atoms with Crippen molar-refractivity contribution in [2.24, 2.45) is 6.98 Å². The second-order valence-corrected chi connectivity index (χ2v) is 25.0. The van der Waals surface area contributed by atoms with Crippen molar-refractivity contribution in [2.75, 3.05) is 9.80 Å². The third kappa shape index (κ3) is 8.89. The minimum atomic E-state index is -3.33. The second-order valence-electron chi connectivity index (χ2n) is 21.2. The smallest absolute Gasteiger partial charge is 0.213 e. The Morgan fingerprint density at radius 1 is 0.531 bits per heavy atom. The van der Waals surface area contributed by atoms with E-state index in [-0.39, 0.29) is 66.7 Å². The number of ether oxygens (including phenoxy) is 1. The van der Waals surface area contributed by atoms with Crippen LogP contribution in [-0.4, -0.2) is 22.2 Å². The molecule has 0 aliphatic carbocycles. The van der Waals surface area contributed by atoms with E-state index in [0.29, 0.717) is 27.9 Å². The van der Waals surface area contributed by atoms with E-state index >= 15 is 0 Å². The van der Waals surface area contributed by atoms with E-state index in [4.69, 9.17) is 16.6 Å². The predicted molar refractivity (Wildman–Crippen MR) is 334 cm³/mol. The van der Waals surface area contributed by atoms with E-state index in [9.17, 15) is 2.74 Å². The number of nitrogens with zero attached hydrogens (tertiary/aromatic N) is 5. The fraction of sp³-hybridized carbons (Fsp3) is 0.0685. The number of para-hydroxylation sites is 5. The zero-order chi connectivity index (χ0) is 59.9. The van der Waals surface area contributed by atoms with Gasteiger partial charge >= 0.3 is 0 Å². The number of benzene rings is 11. The van der Waals surface area contributed by atoms with Crippen LogP contribution in [0.1, 0.15) is 35.9 Å². The van der Waals surface area contributed by atoms with E-state index in [1.54, 1.807) is 36.4 Å². The van der Waals surface area contributed by atoms with Crippen LogP contribution in [0.3, 0.4) is 0 Å². The number of aromatic nitrogens is 3. The first kappa shape index (κ1) is 43.8. The van der Waals surface area contributed by atoms with Crippen LogP contribution in [0, 0.1) is 18.8 Å². The van der Waals surface area contributed by atoms with Crippen LogP contribution in [-0.2, 0) is 33.5 Å². The number of anilines is 4. The summed E-state index contributed by atoms with van der Waals surface area (Å²) in [6, 6.07) is 86.7. The van der Waals surface area contributed by atoms with Crippen molar-refractivity contribution < 1.29 is 35.4 Å². The molecule has 6 nitrogen and oxygen atoms in total. The monoisotopic (exact) mass is 1250 g/mol. The van der Waals surface area contributed by atoms with Gasteiger partial charge in [-0.1, -0.05) is 220 Å². The van der Waals surface area contributed by atoms with Crippen molar-refractivity contribution >= 4 is 84.4 Å². The SMILES string of the molecule is [2H]c1c([2H])c([2H])c2c(c1[2H])c1ccc(Oc3[c-]c(N4[CH-]N(c5c(-c6ccccc6)cc(C(C)(C)C)cc5-c5ccccc5)c5ccccc54)cc([Si](c4ccccc4)(c4ccccc4)c4ccccc4)c3)[c-]c1n2-c1nc2ccccc2n1C([2H])([2H])[2H].[Pt]. The van der Waals surface area contributed by atoms with Gasteiger partial charge < -0.3 is 23.7 Å². The summed E-state index contributed by atoms with van der Waals surface area (Å²) in [7, 11) is -3.33. The molecule has 0 radical (unpaired) electrons.